The quantitative estimate of drug-likeness (QED) is 0.767. The predicted octanol–water partition coefficient (Wildman–Crippen LogP) is 2.88. The highest BCUT2D eigenvalue weighted by atomic mass is 16.6. The van der Waals surface area contributed by atoms with E-state index in [0.29, 0.717) is 6.42 Å². The highest BCUT2D eigenvalue weighted by Gasteiger charge is 2.55. The highest BCUT2D eigenvalue weighted by molar-refractivity contribution is 5.93. The third-order valence-corrected chi connectivity index (χ3v) is 4.92. The van der Waals surface area contributed by atoms with Crippen LogP contribution in [0, 0.1) is 17.8 Å². The Morgan fingerprint density at radius 3 is 2.48 bits per heavy atom. The highest BCUT2D eigenvalue weighted by Crippen LogP contribution is 2.42. The van der Waals surface area contributed by atoms with E-state index in [1.165, 1.54) is 7.11 Å². The van der Waals surface area contributed by atoms with Gasteiger partial charge in [-0.1, -0.05) is 19.0 Å². The Balaban J connectivity index is 2.20. The van der Waals surface area contributed by atoms with E-state index in [-0.39, 0.29) is 30.0 Å². The van der Waals surface area contributed by atoms with E-state index >= 15 is 0 Å². The Morgan fingerprint density at radius 2 is 1.96 bits per heavy atom. The van der Waals surface area contributed by atoms with Crippen LogP contribution in [0.1, 0.15) is 53.9 Å². The van der Waals surface area contributed by atoms with Crippen molar-refractivity contribution in [3.63, 3.8) is 0 Å². The smallest absolute Gasteiger partial charge is 0.407 e. The number of nitrogens with one attached hydrogen (secondary N) is 1. The van der Waals surface area contributed by atoms with Crippen LogP contribution in [0.3, 0.4) is 0 Å². The third-order valence-electron chi connectivity index (χ3n) is 4.92. The number of carbonyl (C=O) groups is 2. The molecule has 0 aromatic carbocycles. The van der Waals surface area contributed by atoms with Gasteiger partial charge in [0.05, 0.1) is 24.7 Å². The molecule has 1 fully saturated rings. The zero-order valence-corrected chi connectivity index (χ0v) is 16.0. The molecular weight excluding hydrogens is 324 g/mol. The van der Waals surface area contributed by atoms with Gasteiger partial charge in [0.25, 0.3) is 0 Å². The van der Waals surface area contributed by atoms with Crippen LogP contribution >= 0.6 is 0 Å². The van der Waals surface area contributed by atoms with Gasteiger partial charge >= 0.3 is 12.1 Å². The number of oxime groups is 1. The summed E-state index contributed by atoms with van der Waals surface area (Å²) in [6.07, 6.45) is 1.45. The molecule has 0 bridgehead atoms. The minimum absolute atomic E-state index is 0.124. The lowest BCUT2D eigenvalue weighted by atomic mass is 9.84. The molecule has 2 aliphatic rings. The van der Waals surface area contributed by atoms with Gasteiger partial charge in [0.1, 0.15) is 5.60 Å². The van der Waals surface area contributed by atoms with Crippen molar-refractivity contribution < 1.29 is 23.9 Å². The molecule has 0 unspecified atom stereocenters. The molecule has 0 radical (unpaired) electrons. The van der Waals surface area contributed by atoms with Crippen LogP contribution in [0.2, 0.25) is 0 Å². The van der Waals surface area contributed by atoms with Gasteiger partial charge in [-0.15, -0.1) is 0 Å². The van der Waals surface area contributed by atoms with E-state index < -0.39 is 17.6 Å². The summed E-state index contributed by atoms with van der Waals surface area (Å²) in [7, 11) is 1.36. The number of rotatable bonds is 5. The van der Waals surface area contributed by atoms with Gasteiger partial charge in [-0.3, -0.25) is 4.79 Å². The molecule has 0 saturated heterocycles. The summed E-state index contributed by atoms with van der Waals surface area (Å²) in [6.45, 7) is 9.66. The number of ether oxygens (including phenoxy) is 2. The molecule has 7 heteroatoms. The van der Waals surface area contributed by atoms with Crippen molar-refractivity contribution in [2.75, 3.05) is 7.11 Å². The maximum atomic E-state index is 12.2. The van der Waals surface area contributed by atoms with Crippen LogP contribution in [0.4, 0.5) is 4.79 Å². The van der Waals surface area contributed by atoms with Crippen molar-refractivity contribution in [2.45, 2.75) is 71.6 Å². The number of fused-ring (bicyclic) bond motifs is 1. The van der Waals surface area contributed by atoms with Crippen LogP contribution in [-0.4, -0.2) is 42.6 Å². The first-order chi connectivity index (χ1) is 11.7. The third kappa shape index (κ3) is 4.25. The Labute approximate surface area is 149 Å². The van der Waals surface area contributed by atoms with Crippen LogP contribution in [0.25, 0.3) is 0 Å². The number of alkyl carbamates (subject to hydrolysis) is 1. The standard InChI is InChI=1S/C18H30N2O5/c1-7-10(8-2)14-13-12(19-17(22)24-18(3,4)5)9-11(16(21)23-6)15(13)25-20-14/h10-13,15H,7-9H2,1-6H3,(H,19,22)/t11-,12-,13+,15+/m1/s1. The number of hydrogen-bond acceptors (Lipinski definition) is 6. The summed E-state index contributed by atoms with van der Waals surface area (Å²) in [5.74, 6) is -0.620. The van der Waals surface area contributed by atoms with Crippen molar-refractivity contribution in [3.05, 3.63) is 0 Å². The van der Waals surface area contributed by atoms with Gasteiger partial charge in [0.2, 0.25) is 0 Å². The summed E-state index contributed by atoms with van der Waals surface area (Å²) in [5.41, 5.74) is 0.352. The lowest BCUT2D eigenvalue weighted by Crippen LogP contribution is -2.45. The van der Waals surface area contributed by atoms with Gasteiger partial charge in [-0.05, 0) is 40.0 Å². The van der Waals surface area contributed by atoms with E-state index in [4.69, 9.17) is 14.3 Å². The summed E-state index contributed by atoms with van der Waals surface area (Å²) in [4.78, 5) is 30.0. The second kappa shape index (κ2) is 7.62. The second-order valence-corrected chi connectivity index (χ2v) is 7.74. The molecule has 1 saturated carbocycles. The zero-order chi connectivity index (χ0) is 18.8. The molecule has 1 amide bonds. The topological polar surface area (TPSA) is 86.2 Å². The Morgan fingerprint density at radius 1 is 1.32 bits per heavy atom. The number of nitrogens with zero attached hydrogens (tertiary/aromatic N) is 1. The van der Waals surface area contributed by atoms with Crippen LogP contribution < -0.4 is 5.32 Å². The van der Waals surface area contributed by atoms with Gasteiger partial charge in [0, 0.05) is 12.0 Å². The minimum Gasteiger partial charge on any atom is -0.469 e. The first kappa shape index (κ1) is 19.5. The fourth-order valence-electron chi connectivity index (χ4n) is 3.77. The molecular formula is C18H30N2O5. The molecule has 0 aromatic rings. The fourth-order valence-corrected chi connectivity index (χ4v) is 3.77. The molecule has 1 aliphatic carbocycles. The van der Waals surface area contributed by atoms with Crippen molar-refractivity contribution in [2.24, 2.45) is 22.9 Å². The monoisotopic (exact) mass is 354 g/mol. The lowest BCUT2D eigenvalue weighted by Gasteiger charge is -2.25. The van der Waals surface area contributed by atoms with E-state index in [0.717, 1.165) is 18.6 Å². The van der Waals surface area contributed by atoms with Gasteiger partial charge in [-0.2, -0.15) is 0 Å². The minimum atomic E-state index is -0.581. The van der Waals surface area contributed by atoms with Crippen LogP contribution in [-0.2, 0) is 19.1 Å². The van der Waals surface area contributed by atoms with E-state index in [2.05, 4.69) is 24.3 Å². The van der Waals surface area contributed by atoms with Crippen molar-refractivity contribution >= 4 is 17.8 Å². The van der Waals surface area contributed by atoms with E-state index in [9.17, 15) is 9.59 Å². The van der Waals surface area contributed by atoms with E-state index in [1.807, 2.05) is 20.8 Å². The number of methoxy groups -OCH3 is 1. The number of carbonyl (C=O) groups excluding carboxylic acids is 2. The Hall–Kier alpha value is -1.79. The predicted molar refractivity (Wildman–Crippen MR) is 93.2 cm³/mol. The number of esters is 1. The first-order valence-electron chi connectivity index (χ1n) is 9.02. The summed E-state index contributed by atoms with van der Waals surface area (Å²) in [6, 6.07) is -0.259. The van der Waals surface area contributed by atoms with Gasteiger partial charge in [-0.25, -0.2) is 4.79 Å². The molecule has 7 nitrogen and oxygen atoms in total. The average molecular weight is 354 g/mol. The maximum absolute atomic E-state index is 12.2. The largest absolute Gasteiger partial charge is 0.469 e. The lowest BCUT2D eigenvalue weighted by molar-refractivity contribution is -0.149. The van der Waals surface area contributed by atoms with E-state index in [1.54, 1.807) is 0 Å². The molecule has 0 spiro atoms. The average Bonchev–Trinajstić information content (AvgIpc) is 3.08. The van der Waals surface area contributed by atoms with Crippen molar-refractivity contribution in [1.29, 1.82) is 0 Å². The Bertz CT molecular complexity index is 536. The molecule has 1 N–H and O–H groups in total. The van der Waals surface area contributed by atoms with Crippen LogP contribution in [0.15, 0.2) is 5.16 Å². The summed E-state index contributed by atoms with van der Waals surface area (Å²) >= 11 is 0. The molecule has 0 aromatic heterocycles. The zero-order valence-electron chi connectivity index (χ0n) is 16.0. The van der Waals surface area contributed by atoms with Gasteiger partial charge < -0.3 is 19.6 Å². The maximum Gasteiger partial charge on any atom is 0.407 e. The summed E-state index contributed by atoms with van der Waals surface area (Å²) < 4.78 is 10.3. The van der Waals surface area contributed by atoms with Crippen molar-refractivity contribution in [1.82, 2.24) is 5.32 Å². The fraction of sp³-hybridized carbons (Fsp3) is 0.833. The molecule has 2 rings (SSSR count). The number of amides is 1. The Kier molecular flexibility index (Phi) is 5.95. The molecule has 1 heterocycles. The van der Waals surface area contributed by atoms with Gasteiger partial charge in [0.15, 0.2) is 6.10 Å². The van der Waals surface area contributed by atoms with Crippen molar-refractivity contribution in [3.8, 4) is 0 Å². The summed E-state index contributed by atoms with van der Waals surface area (Å²) in [5, 5.41) is 7.20. The molecule has 4 atom stereocenters. The number of hydrogen-bond donors (Lipinski definition) is 1. The molecule has 142 valence electrons. The SMILES string of the molecule is CCC(CC)C1=NO[C@@H]2[C@H]1[C@H](NC(=O)OC(C)(C)C)C[C@H]2C(=O)OC. The molecule has 1 aliphatic heterocycles. The molecule has 25 heavy (non-hydrogen) atoms. The normalized spacial score (nSPS) is 28.2. The first-order valence-corrected chi connectivity index (χ1v) is 9.02. The van der Waals surface area contributed by atoms with Crippen LogP contribution in [0.5, 0.6) is 0 Å². The second-order valence-electron chi connectivity index (χ2n) is 7.74.